The minimum atomic E-state index is -0.238. The van der Waals surface area contributed by atoms with Crippen LogP contribution in [0.15, 0.2) is 29.2 Å². The SMILES string of the molecule is O=C(CSc1cccc(F)c1)C1CCCC1. The van der Waals surface area contributed by atoms with Gasteiger partial charge in [-0.15, -0.1) is 11.8 Å². The number of ketones is 1. The Kier molecular flexibility index (Phi) is 3.99. The van der Waals surface area contributed by atoms with Crippen molar-refractivity contribution in [2.75, 3.05) is 5.75 Å². The van der Waals surface area contributed by atoms with E-state index in [4.69, 9.17) is 0 Å². The molecule has 3 heteroatoms. The van der Waals surface area contributed by atoms with Crippen LogP contribution < -0.4 is 0 Å². The predicted molar refractivity (Wildman–Crippen MR) is 64.1 cm³/mol. The largest absolute Gasteiger partial charge is 0.298 e. The number of hydrogen-bond acceptors (Lipinski definition) is 2. The van der Waals surface area contributed by atoms with Crippen LogP contribution in [0.1, 0.15) is 25.7 Å². The molecule has 86 valence electrons. The highest BCUT2D eigenvalue weighted by atomic mass is 32.2. The second-order valence-electron chi connectivity index (χ2n) is 4.19. The van der Waals surface area contributed by atoms with Gasteiger partial charge >= 0.3 is 0 Å². The van der Waals surface area contributed by atoms with Crippen molar-refractivity contribution < 1.29 is 9.18 Å². The van der Waals surface area contributed by atoms with Crippen molar-refractivity contribution in [1.82, 2.24) is 0 Å². The van der Waals surface area contributed by atoms with Crippen molar-refractivity contribution in [2.24, 2.45) is 5.92 Å². The van der Waals surface area contributed by atoms with Crippen LogP contribution in [0, 0.1) is 11.7 Å². The molecular formula is C13H15FOS. The Bertz CT molecular complexity index is 372. The van der Waals surface area contributed by atoms with E-state index in [1.165, 1.54) is 36.7 Å². The number of halogens is 1. The molecule has 0 unspecified atom stereocenters. The van der Waals surface area contributed by atoms with Gasteiger partial charge in [0.2, 0.25) is 0 Å². The molecule has 1 saturated carbocycles. The summed E-state index contributed by atoms with van der Waals surface area (Å²) in [6, 6.07) is 6.42. The van der Waals surface area contributed by atoms with Crippen LogP contribution in [0.5, 0.6) is 0 Å². The van der Waals surface area contributed by atoms with Gasteiger partial charge in [-0.1, -0.05) is 18.9 Å². The molecule has 1 nitrogen and oxygen atoms in total. The Hall–Kier alpha value is -0.830. The molecule has 0 radical (unpaired) electrons. The molecule has 2 rings (SSSR count). The summed E-state index contributed by atoms with van der Waals surface area (Å²) >= 11 is 1.44. The molecule has 0 amide bonds. The molecular weight excluding hydrogens is 223 g/mol. The van der Waals surface area contributed by atoms with E-state index in [0.717, 1.165) is 17.7 Å². The van der Waals surface area contributed by atoms with Crippen molar-refractivity contribution in [1.29, 1.82) is 0 Å². The highest BCUT2D eigenvalue weighted by molar-refractivity contribution is 8.00. The van der Waals surface area contributed by atoms with E-state index in [1.807, 2.05) is 6.07 Å². The average Bonchev–Trinajstić information content (AvgIpc) is 2.79. The van der Waals surface area contributed by atoms with E-state index < -0.39 is 0 Å². The van der Waals surface area contributed by atoms with Crippen LogP contribution in [-0.2, 0) is 4.79 Å². The van der Waals surface area contributed by atoms with Crippen molar-refractivity contribution in [3.8, 4) is 0 Å². The lowest BCUT2D eigenvalue weighted by molar-refractivity contribution is -0.120. The lowest BCUT2D eigenvalue weighted by Crippen LogP contribution is -2.12. The average molecular weight is 238 g/mol. The molecule has 16 heavy (non-hydrogen) atoms. The second kappa shape index (κ2) is 5.48. The molecule has 0 N–H and O–H groups in total. The number of thioether (sulfide) groups is 1. The zero-order valence-electron chi connectivity index (χ0n) is 9.12. The van der Waals surface area contributed by atoms with Gasteiger partial charge in [-0.25, -0.2) is 4.39 Å². The standard InChI is InChI=1S/C13H15FOS/c14-11-6-3-7-12(8-11)16-9-13(15)10-4-1-2-5-10/h3,6-8,10H,1-2,4-5,9H2. The van der Waals surface area contributed by atoms with Gasteiger partial charge in [-0.3, -0.25) is 4.79 Å². The Morgan fingerprint density at radius 3 is 2.81 bits per heavy atom. The van der Waals surface area contributed by atoms with Crippen molar-refractivity contribution in [3.63, 3.8) is 0 Å². The fourth-order valence-corrected chi connectivity index (χ4v) is 2.99. The van der Waals surface area contributed by atoms with Crippen molar-refractivity contribution in [2.45, 2.75) is 30.6 Å². The van der Waals surface area contributed by atoms with E-state index in [0.29, 0.717) is 11.5 Å². The Balaban J connectivity index is 1.84. The van der Waals surface area contributed by atoms with Crippen molar-refractivity contribution in [3.05, 3.63) is 30.1 Å². The molecule has 0 atom stereocenters. The van der Waals surface area contributed by atoms with Gasteiger partial charge < -0.3 is 0 Å². The number of rotatable bonds is 4. The zero-order chi connectivity index (χ0) is 11.4. The topological polar surface area (TPSA) is 17.1 Å². The smallest absolute Gasteiger partial charge is 0.146 e. The summed E-state index contributed by atoms with van der Waals surface area (Å²) in [6.45, 7) is 0. The first-order chi connectivity index (χ1) is 7.75. The summed E-state index contributed by atoms with van der Waals surface area (Å²) in [4.78, 5) is 12.6. The van der Waals surface area contributed by atoms with E-state index >= 15 is 0 Å². The molecule has 0 bridgehead atoms. The third-order valence-electron chi connectivity index (χ3n) is 2.99. The quantitative estimate of drug-likeness (QED) is 0.744. The first-order valence-corrected chi connectivity index (χ1v) is 6.65. The van der Waals surface area contributed by atoms with Crippen LogP contribution in [-0.4, -0.2) is 11.5 Å². The van der Waals surface area contributed by atoms with Gasteiger partial charge in [0.1, 0.15) is 11.6 Å². The summed E-state index contributed by atoms with van der Waals surface area (Å²) in [7, 11) is 0. The zero-order valence-corrected chi connectivity index (χ0v) is 9.93. The maximum atomic E-state index is 12.9. The number of carbonyl (C=O) groups is 1. The normalized spacial score (nSPS) is 16.6. The van der Waals surface area contributed by atoms with Crippen LogP contribution in [0.3, 0.4) is 0 Å². The molecule has 0 spiro atoms. The first-order valence-electron chi connectivity index (χ1n) is 5.67. The fourth-order valence-electron chi connectivity index (χ4n) is 2.08. The first kappa shape index (κ1) is 11.6. The minimum absolute atomic E-state index is 0.238. The molecule has 0 saturated heterocycles. The monoisotopic (exact) mass is 238 g/mol. The summed E-state index contributed by atoms with van der Waals surface area (Å²) in [5.41, 5.74) is 0. The fraction of sp³-hybridized carbons (Fsp3) is 0.462. The number of benzene rings is 1. The lowest BCUT2D eigenvalue weighted by Gasteiger charge is -2.07. The summed E-state index contributed by atoms with van der Waals surface area (Å²) in [6.07, 6.45) is 4.45. The van der Waals surface area contributed by atoms with Gasteiger partial charge in [0.25, 0.3) is 0 Å². The minimum Gasteiger partial charge on any atom is -0.298 e. The van der Waals surface area contributed by atoms with Gasteiger partial charge in [-0.2, -0.15) is 0 Å². The maximum Gasteiger partial charge on any atom is 0.146 e. The number of carbonyl (C=O) groups excluding carboxylic acids is 1. The molecule has 0 heterocycles. The van der Waals surface area contributed by atoms with E-state index in [-0.39, 0.29) is 11.7 Å². The Morgan fingerprint density at radius 2 is 2.12 bits per heavy atom. The van der Waals surface area contributed by atoms with E-state index in [9.17, 15) is 9.18 Å². The third-order valence-corrected chi connectivity index (χ3v) is 4.00. The van der Waals surface area contributed by atoms with Crippen LogP contribution >= 0.6 is 11.8 Å². The summed E-state index contributed by atoms with van der Waals surface area (Å²) in [5, 5.41) is 0. The van der Waals surface area contributed by atoms with Gasteiger partial charge in [-0.05, 0) is 31.0 Å². The molecule has 1 aromatic carbocycles. The van der Waals surface area contributed by atoms with Gasteiger partial charge in [0, 0.05) is 10.8 Å². The second-order valence-corrected chi connectivity index (χ2v) is 5.24. The highest BCUT2D eigenvalue weighted by Gasteiger charge is 2.22. The highest BCUT2D eigenvalue weighted by Crippen LogP contribution is 2.28. The molecule has 1 aliphatic carbocycles. The molecule has 1 aromatic rings. The predicted octanol–water partition coefficient (Wildman–Crippen LogP) is 3.68. The molecule has 0 aromatic heterocycles. The van der Waals surface area contributed by atoms with Crippen LogP contribution in [0.2, 0.25) is 0 Å². The summed E-state index contributed by atoms with van der Waals surface area (Å²) in [5.74, 6) is 0.833. The maximum absolute atomic E-state index is 12.9. The molecule has 0 aliphatic heterocycles. The number of hydrogen-bond donors (Lipinski definition) is 0. The number of Topliss-reactive ketones (excluding diaryl/α,β-unsaturated/α-hetero) is 1. The van der Waals surface area contributed by atoms with Crippen LogP contribution in [0.4, 0.5) is 4.39 Å². The van der Waals surface area contributed by atoms with E-state index in [1.54, 1.807) is 6.07 Å². The molecule has 1 aliphatic rings. The van der Waals surface area contributed by atoms with Crippen LogP contribution in [0.25, 0.3) is 0 Å². The lowest BCUT2D eigenvalue weighted by atomic mass is 10.0. The van der Waals surface area contributed by atoms with Gasteiger partial charge in [0.05, 0.1) is 5.75 Å². The third kappa shape index (κ3) is 3.08. The van der Waals surface area contributed by atoms with Crippen molar-refractivity contribution >= 4 is 17.5 Å². The summed E-state index contributed by atoms with van der Waals surface area (Å²) < 4.78 is 12.9. The molecule has 1 fully saturated rings. The Morgan fingerprint density at radius 1 is 1.38 bits per heavy atom. The Labute approximate surface area is 99.4 Å². The van der Waals surface area contributed by atoms with Gasteiger partial charge in [0.15, 0.2) is 0 Å². The van der Waals surface area contributed by atoms with E-state index in [2.05, 4.69) is 0 Å².